The molecule has 0 aliphatic heterocycles. The highest BCUT2D eigenvalue weighted by Gasteiger charge is 2.40. The van der Waals surface area contributed by atoms with Crippen LogP contribution in [0.5, 0.6) is 0 Å². The van der Waals surface area contributed by atoms with Crippen LogP contribution < -0.4 is 5.73 Å². The molecule has 84 valence electrons. The molecule has 1 fully saturated rings. The number of imidazole rings is 1. The van der Waals surface area contributed by atoms with Crippen molar-refractivity contribution in [2.24, 2.45) is 5.73 Å². The number of aromatic nitrogens is 2. The summed E-state index contributed by atoms with van der Waals surface area (Å²) in [6, 6.07) is 4.15. The average molecular weight is 236 g/mol. The minimum atomic E-state index is -0.109. The number of halogens is 1. The molecule has 0 bridgehead atoms. The second kappa shape index (κ2) is 3.22. The highest BCUT2D eigenvalue weighted by Crippen LogP contribution is 2.43. The number of pyridine rings is 1. The first-order chi connectivity index (χ1) is 7.64. The van der Waals surface area contributed by atoms with Crippen molar-refractivity contribution in [1.82, 2.24) is 9.38 Å². The smallest absolute Gasteiger partial charge is 0.155 e. The fraction of sp³-hybridized carbons (Fsp3) is 0.417. The minimum Gasteiger partial charge on any atom is -0.321 e. The van der Waals surface area contributed by atoms with Crippen LogP contribution in [0.15, 0.2) is 18.3 Å². The van der Waals surface area contributed by atoms with Gasteiger partial charge in [-0.1, -0.05) is 18.5 Å². The predicted octanol–water partition coefficient (Wildman–Crippen LogP) is 2.50. The molecule has 16 heavy (non-hydrogen) atoms. The molecule has 1 saturated carbocycles. The Bertz CT molecular complexity index is 555. The number of rotatable bonds is 2. The molecule has 0 unspecified atom stereocenters. The summed E-state index contributed by atoms with van der Waals surface area (Å²) in [6.07, 6.45) is 5.03. The van der Waals surface area contributed by atoms with Gasteiger partial charge >= 0.3 is 0 Å². The zero-order valence-corrected chi connectivity index (χ0v) is 9.96. The number of hydrogen-bond acceptors (Lipinski definition) is 2. The van der Waals surface area contributed by atoms with E-state index in [-0.39, 0.29) is 5.54 Å². The summed E-state index contributed by atoms with van der Waals surface area (Å²) in [5.41, 5.74) is 8.20. The normalized spacial score (nSPS) is 17.9. The number of fused-ring (bicyclic) bond motifs is 1. The highest BCUT2D eigenvalue weighted by molar-refractivity contribution is 6.32. The van der Waals surface area contributed by atoms with E-state index < -0.39 is 0 Å². The summed E-state index contributed by atoms with van der Waals surface area (Å²) < 4.78 is 2.04. The molecule has 2 aromatic heterocycles. The molecule has 2 heterocycles. The molecule has 2 N–H and O–H groups in total. The van der Waals surface area contributed by atoms with Gasteiger partial charge in [0, 0.05) is 18.2 Å². The maximum atomic E-state index is 6.18. The zero-order valence-electron chi connectivity index (χ0n) is 9.20. The van der Waals surface area contributed by atoms with Crippen molar-refractivity contribution >= 4 is 17.1 Å². The topological polar surface area (TPSA) is 43.3 Å². The zero-order chi connectivity index (χ0) is 11.3. The summed E-state index contributed by atoms with van der Waals surface area (Å²) >= 11 is 6.13. The van der Waals surface area contributed by atoms with Gasteiger partial charge in [-0.2, -0.15) is 0 Å². The fourth-order valence-corrected chi connectivity index (χ4v) is 2.33. The summed E-state index contributed by atoms with van der Waals surface area (Å²) in [5, 5.41) is 0.572. The summed E-state index contributed by atoms with van der Waals surface area (Å²) in [4.78, 5) is 4.34. The van der Waals surface area contributed by atoms with E-state index in [0.29, 0.717) is 5.15 Å². The van der Waals surface area contributed by atoms with E-state index in [2.05, 4.69) is 24.0 Å². The van der Waals surface area contributed by atoms with Gasteiger partial charge in [0.15, 0.2) is 5.15 Å². The monoisotopic (exact) mass is 235 g/mol. The SMILES string of the molecule is CCc1nc(Cl)c2cc(C3(N)CC3)ccn12. The van der Waals surface area contributed by atoms with Gasteiger partial charge in [0.1, 0.15) is 5.82 Å². The van der Waals surface area contributed by atoms with Gasteiger partial charge in [0.2, 0.25) is 0 Å². The molecule has 2 aromatic rings. The van der Waals surface area contributed by atoms with Gasteiger partial charge in [-0.25, -0.2) is 4.98 Å². The van der Waals surface area contributed by atoms with Crippen LogP contribution in [0, 0.1) is 0 Å². The third kappa shape index (κ3) is 1.35. The van der Waals surface area contributed by atoms with Crippen molar-refractivity contribution in [3.63, 3.8) is 0 Å². The van der Waals surface area contributed by atoms with Crippen molar-refractivity contribution in [2.45, 2.75) is 31.7 Å². The van der Waals surface area contributed by atoms with Crippen LogP contribution in [0.25, 0.3) is 5.52 Å². The van der Waals surface area contributed by atoms with E-state index in [4.69, 9.17) is 17.3 Å². The number of nitrogens with two attached hydrogens (primary N) is 1. The second-order valence-electron chi connectivity index (χ2n) is 4.50. The summed E-state index contributed by atoms with van der Waals surface area (Å²) in [7, 11) is 0. The van der Waals surface area contributed by atoms with Crippen molar-refractivity contribution < 1.29 is 0 Å². The van der Waals surface area contributed by atoms with E-state index in [0.717, 1.165) is 30.6 Å². The van der Waals surface area contributed by atoms with E-state index in [1.54, 1.807) is 0 Å². The first-order valence-corrected chi connectivity index (χ1v) is 5.98. The molecular formula is C12H14ClN3. The molecule has 0 radical (unpaired) electrons. The first kappa shape index (κ1) is 10.1. The van der Waals surface area contributed by atoms with E-state index in [1.807, 2.05) is 10.6 Å². The maximum Gasteiger partial charge on any atom is 0.155 e. The largest absolute Gasteiger partial charge is 0.321 e. The number of nitrogens with zero attached hydrogens (tertiary/aromatic N) is 2. The van der Waals surface area contributed by atoms with Crippen LogP contribution in [0.2, 0.25) is 5.15 Å². The summed E-state index contributed by atoms with van der Waals surface area (Å²) in [5.74, 6) is 0.994. The Kier molecular flexibility index (Phi) is 2.03. The quantitative estimate of drug-likeness (QED) is 0.869. The third-order valence-corrected chi connectivity index (χ3v) is 3.63. The molecule has 1 aliphatic carbocycles. The van der Waals surface area contributed by atoms with Gasteiger partial charge in [0.05, 0.1) is 5.52 Å². The standard InChI is InChI=1S/C12H14ClN3/c1-2-10-15-11(13)9-7-8(3-6-16(9)10)12(14)4-5-12/h3,6-7H,2,4-5,14H2,1H3. The number of aryl methyl sites for hydroxylation is 1. The molecule has 0 atom stereocenters. The lowest BCUT2D eigenvalue weighted by Crippen LogP contribution is -2.18. The Morgan fingerprint density at radius 2 is 2.31 bits per heavy atom. The maximum absolute atomic E-state index is 6.18. The molecule has 3 nitrogen and oxygen atoms in total. The minimum absolute atomic E-state index is 0.109. The van der Waals surface area contributed by atoms with Crippen molar-refractivity contribution in [2.75, 3.05) is 0 Å². The Morgan fingerprint density at radius 3 is 2.94 bits per heavy atom. The Labute approximate surface area is 99.2 Å². The van der Waals surface area contributed by atoms with Crippen molar-refractivity contribution in [1.29, 1.82) is 0 Å². The van der Waals surface area contributed by atoms with Crippen molar-refractivity contribution in [3.8, 4) is 0 Å². The third-order valence-electron chi connectivity index (χ3n) is 3.35. The molecule has 3 rings (SSSR count). The fourth-order valence-electron chi connectivity index (χ4n) is 2.09. The van der Waals surface area contributed by atoms with Crippen LogP contribution in [0.4, 0.5) is 0 Å². The van der Waals surface area contributed by atoms with Crippen molar-refractivity contribution in [3.05, 3.63) is 34.9 Å². The molecule has 4 heteroatoms. The molecule has 0 aromatic carbocycles. The average Bonchev–Trinajstić information content (AvgIpc) is 2.96. The number of hydrogen-bond donors (Lipinski definition) is 1. The van der Waals surface area contributed by atoms with Gasteiger partial charge in [0.25, 0.3) is 0 Å². The lowest BCUT2D eigenvalue weighted by Gasteiger charge is -2.09. The molecular weight excluding hydrogens is 222 g/mol. The Morgan fingerprint density at radius 1 is 1.56 bits per heavy atom. The van der Waals surface area contributed by atoms with Crippen LogP contribution >= 0.6 is 11.6 Å². The molecule has 1 aliphatic rings. The molecule has 0 spiro atoms. The van der Waals surface area contributed by atoms with E-state index >= 15 is 0 Å². The van der Waals surface area contributed by atoms with Crippen LogP contribution in [-0.4, -0.2) is 9.38 Å². The van der Waals surface area contributed by atoms with Gasteiger partial charge in [-0.05, 0) is 30.5 Å². The van der Waals surface area contributed by atoms with Crippen LogP contribution in [0.1, 0.15) is 31.2 Å². The second-order valence-corrected chi connectivity index (χ2v) is 4.86. The molecule has 0 amide bonds. The first-order valence-electron chi connectivity index (χ1n) is 5.60. The van der Waals surface area contributed by atoms with E-state index in [9.17, 15) is 0 Å². The lowest BCUT2D eigenvalue weighted by molar-refractivity contribution is 0.738. The van der Waals surface area contributed by atoms with E-state index in [1.165, 1.54) is 5.56 Å². The molecule has 0 saturated heterocycles. The Hall–Kier alpha value is -1.06. The predicted molar refractivity (Wildman–Crippen MR) is 64.7 cm³/mol. The Balaban J connectivity index is 2.21. The summed E-state index contributed by atoms with van der Waals surface area (Å²) in [6.45, 7) is 2.07. The van der Waals surface area contributed by atoms with Crippen LogP contribution in [-0.2, 0) is 12.0 Å². The van der Waals surface area contributed by atoms with Gasteiger partial charge in [-0.15, -0.1) is 0 Å². The van der Waals surface area contributed by atoms with Gasteiger partial charge < -0.3 is 10.1 Å². The van der Waals surface area contributed by atoms with Gasteiger partial charge in [-0.3, -0.25) is 0 Å². The lowest BCUT2D eigenvalue weighted by atomic mass is 10.1. The highest BCUT2D eigenvalue weighted by atomic mass is 35.5. The van der Waals surface area contributed by atoms with Crippen LogP contribution in [0.3, 0.4) is 0 Å².